The zero-order chi connectivity index (χ0) is 13.0. The minimum absolute atomic E-state index is 0.0574. The molecule has 0 aromatic carbocycles. The molecule has 4 nitrogen and oxygen atoms in total. The van der Waals surface area contributed by atoms with E-state index in [-0.39, 0.29) is 11.9 Å². The molecule has 0 saturated heterocycles. The normalized spacial score (nSPS) is 12.6. The summed E-state index contributed by atoms with van der Waals surface area (Å²) in [5, 5.41) is 3.80. The van der Waals surface area contributed by atoms with Crippen LogP contribution in [0, 0.1) is 0 Å². The second-order valence-corrected chi connectivity index (χ2v) is 5.14. The van der Waals surface area contributed by atoms with Gasteiger partial charge in [-0.2, -0.15) is 0 Å². The molecular weight excluding hydrogens is 246 g/mol. The minimum Gasteiger partial charge on any atom is -0.353 e. The summed E-state index contributed by atoms with van der Waals surface area (Å²) >= 11 is 1.46. The largest absolute Gasteiger partial charge is 0.353 e. The summed E-state index contributed by atoms with van der Waals surface area (Å²) in [5.74, 6) is 0.459. The third-order valence-corrected chi connectivity index (χ3v) is 3.72. The van der Waals surface area contributed by atoms with Crippen molar-refractivity contribution in [1.82, 2.24) is 14.7 Å². The van der Waals surface area contributed by atoms with Crippen LogP contribution in [-0.2, 0) is 4.79 Å². The number of carbonyl (C=O) groups excluding carboxylic acids is 1. The van der Waals surface area contributed by atoms with Gasteiger partial charge in [-0.3, -0.25) is 9.20 Å². The van der Waals surface area contributed by atoms with Crippen LogP contribution in [0.5, 0.6) is 0 Å². The zero-order valence-corrected chi connectivity index (χ0v) is 11.4. The van der Waals surface area contributed by atoms with Gasteiger partial charge in [0.05, 0.1) is 17.5 Å². The molecule has 0 bridgehead atoms. The molecule has 0 aliphatic carbocycles. The molecule has 1 atom stereocenters. The number of nitrogens with one attached hydrogen (secondary N) is 1. The maximum Gasteiger partial charge on any atom is 0.230 e. The van der Waals surface area contributed by atoms with Gasteiger partial charge in [0.1, 0.15) is 0 Å². The summed E-state index contributed by atoms with van der Waals surface area (Å²) in [6.45, 7) is 4.06. The number of imidazole rings is 1. The monoisotopic (exact) mass is 263 g/mol. The molecule has 0 spiro atoms. The lowest BCUT2D eigenvalue weighted by molar-refractivity contribution is -0.119. The molecule has 1 amide bonds. The first kappa shape index (κ1) is 13.0. The lowest BCUT2D eigenvalue weighted by Crippen LogP contribution is -2.33. The highest BCUT2D eigenvalue weighted by Crippen LogP contribution is 2.17. The Morgan fingerprint density at radius 1 is 1.56 bits per heavy atom. The highest BCUT2D eigenvalue weighted by atomic mass is 32.2. The van der Waals surface area contributed by atoms with Crippen LogP contribution < -0.4 is 5.32 Å². The van der Waals surface area contributed by atoms with Gasteiger partial charge in [0.2, 0.25) is 5.91 Å². The Morgan fingerprint density at radius 2 is 2.39 bits per heavy atom. The molecule has 1 N–H and O–H groups in total. The standard InChI is InChI=1S/C13H17N3OS/c1-3-10(2)15-12(17)9-18-13-14-8-11-6-4-5-7-16(11)13/h4-8,10H,3,9H2,1-2H3,(H,15,17). The van der Waals surface area contributed by atoms with E-state index < -0.39 is 0 Å². The van der Waals surface area contributed by atoms with E-state index in [1.54, 1.807) is 0 Å². The summed E-state index contributed by atoms with van der Waals surface area (Å²) in [6, 6.07) is 6.16. The lowest BCUT2D eigenvalue weighted by atomic mass is 10.3. The number of rotatable bonds is 5. The number of pyridine rings is 1. The van der Waals surface area contributed by atoms with Crippen LogP contribution in [0.1, 0.15) is 20.3 Å². The SMILES string of the molecule is CCC(C)NC(=O)CSc1ncc2ccccn12. The first-order valence-electron chi connectivity index (χ1n) is 6.05. The molecule has 0 radical (unpaired) electrons. The molecule has 96 valence electrons. The van der Waals surface area contributed by atoms with Gasteiger partial charge in [-0.25, -0.2) is 4.98 Å². The van der Waals surface area contributed by atoms with E-state index in [1.165, 1.54) is 11.8 Å². The van der Waals surface area contributed by atoms with Crippen molar-refractivity contribution < 1.29 is 4.79 Å². The highest BCUT2D eigenvalue weighted by molar-refractivity contribution is 7.99. The number of amides is 1. The Morgan fingerprint density at radius 3 is 3.17 bits per heavy atom. The average molecular weight is 263 g/mol. The summed E-state index contributed by atoms with van der Waals surface area (Å²) in [5.41, 5.74) is 1.04. The summed E-state index contributed by atoms with van der Waals surface area (Å²) in [4.78, 5) is 16.0. The third kappa shape index (κ3) is 3.04. The van der Waals surface area contributed by atoms with Crippen LogP contribution in [-0.4, -0.2) is 27.1 Å². The van der Waals surface area contributed by atoms with Gasteiger partial charge in [0.15, 0.2) is 5.16 Å². The van der Waals surface area contributed by atoms with Gasteiger partial charge in [-0.1, -0.05) is 24.8 Å². The van der Waals surface area contributed by atoms with Gasteiger partial charge in [-0.05, 0) is 25.5 Å². The second-order valence-electron chi connectivity index (χ2n) is 4.20. The van der Waals surface area contributed by atoms with Crippen molar-refractivity contribution in [3.8, 4) is 0 Å². The maximum atomic E-state index is 11.7. The molecule has 2 aromatic heterocycles. The lowest BCUT2D eigenvalue weighted by Gasteiger charge is -2.10. The molecule has 0 aliphatic heterocycles. The Labute approximate surface area is 111 Å². The Bertz CT molecular complexity index is 538. The van der Waals surface area contributed by atoms with E-state index in [4.69, 9.17) is 0 Å². The molecule has 2 rings (SSSR count). The molecule has 0 fully saturated rings. The van der Waals surface area contributed by atoms with Crippen molar-refractivity contribution in [2.45, 2.75) is 31.5 Å². The van der Waals surface area contributed by atoms with E-state index >= 15 is 0 Å². The van der Waals surface area contributed by atoms with E-state index in [0.29, 0.717) is 5.75 Å². The maximum absolute atomic E-state index is 11.7. The van der Waals surface area contributed by atoms with Crippen molar-refractivity contribution >= 4 is 23.2 Å². The number of aromatic nitrogens is 2. The summed E-state index contributed by atoms with van der Waals surface area (Å²) < 4.78 is 1.99. The molecule has 0 saturated carbocycles. The number of carbonyl (C=O) groups is 1. The predicted octanol–water partition coefficient (Wildman–Crippen LogP) is 2.34. The fourth-order valence-corrected chi connectivity index (χ4v) is 2.35. The molecule has 18 heavy (non-hydrogen) atoms. The molecular formula is C13H17N3OS. The Kier molecular flexibility index (Phi) is 4.25. The van der Waals surface area contributed by atoms with Gasteiger partial charge in [0.25, 0.3) is 0 Å². The summed E-state index contributed by atoms with van der Waals surface area (Å²) in [6.07, 6.45) is 4.72. The summed E-state index contributed by atoms with van der Waals surface area (Å²) in [7, 11) is 0. The Balaban J connectivity index is 1.96. The van der Waals surface area contributed by atoms with E-state index in [2.05, 4.69) is 17.2 Å². The van der Waals surface area contributed by atoms with Crippen molar-refractivity contribution in [3.63, 3.8) is 0 Å². The Hall–Kier alpha value is -1.49. The van der Waals surface area contributed by atoms with Gasteiger partial charge >= 0.3 is 0 Å². The number of nitrogens with zero attached hydrogens (tertiary/aromatic N) is 2. The van der Waals surface area contributed by atoms with Gasteiger partial charge < -0.3 is 5.32 Å². The van der Waals surface area contributed by atoms with Crippen molar-refractivity contribution in [2.75, 3.05) is 5.75 Å². The van der Waals surface area contributed by atoms with Gasteiger partial charge in [0, 0.05) is 12.2 Å². The average Bonchev–Trinajstić information content (AvgIpc) is 2.79. The predicted molar refractivity (Wildman–Crippen MR) is 73.8 cm³/mol. The molecule has 0 aliphatic rings. The van der Waals surface area contributed by atoms with Crippen LogP contribution in [0.3, 0.4) is 0 Å². The number of hydrogen-bond donors (Lipinski definition) is 1. The molecule has 1 unspecified atom stereocenters. The number of thioether (sulfide) groups is 1. The van der Waals surface area contributed by atoms with Crippen molar-refractivity contribution in [3.05, 3.63) is 30.6 Å². The van der Waals surface area contributed by atoms with E-state index in [9.17, 15) is 4.79 Å². The number of fused-ring (bicyclic) bond motifs is 1. The fourth-order valence-electron chi connectivity index (χ4n) is 1.57. The highest BCUT2D eigenvalue weighted by Gasteiger charge is 2.09. The topological polar surface area (TPSA) is 46.4 Å². The van der Waals surface area contributed by atoms with Crippen LogP contribution in [0.2, 0.25) is 0 Å². The fraction of sp³-hybridized carbons (Fsp3) is 0.385. The minimum atomic E-state index is 0.0574. The second kappa shape index (κ2) is 5.91. The van der Waals surface area contributed by atoms with E-state index in [0.717, 1.165) is 17.1 Å². The van der Waals surface area contributed by atoms with Crippen LogP contribution >= 0.6 is 11.8 Å². The smallest absolute Gasteiger partial charge is 0.230 e. The van der Waals surface area contributed by atoms with Crippen LogP contribution in [0.4, 0.5) is 0 Å². The van der Waals surface area contributed by atoms with Crippen molar-refractivity contribution in [1.29, 1.82) is 0 Å². The number of hydrogen-bond acceptors (Lipinski definition) is 3. The first-order valence-corrected chi connectivity index (χ1v) is 7.03. The third-order valence-electron chi connectivity index (χ3n) is 2.76. The molecule has 5 heteroatoms. The quantitative estimate of drug-likeness (QED) is 0.842. The van der Waals surface area contributed by atoms with Crippen LogP contribution in [0.15, 0.2) is 35.7 Å². The van der Waals surface area contributed by atoms with Gasteiger partial charge in [-0.15, -0.1) is 0 Å². The van der Waals surface area contributed by atoms with E-state index in [1.807, 2.05) is 41.9 Å². The molecule has 2 aromatic rings. The zero-order valence-electron chi connectivity index (χ0n) is 10.6. The first-order chi connectivity index (χ1) is 8.70. The van der Waals surface area contributed by atoms with Crippen LogP contribution in [0.25, 0.3) is 5.52 Å². The molecule has 2 heterocycles. The van der Waals surface area contributed by atoms with Crippen molar-refractivity contribution in [2.24, 2.45) is 0 Å².